The van der Waals surface area contributed by atoms with Crippen molar-refractivity contribution in [3.05, 3.63) is 33.1 Å². The van der Waals surface area contributed by atoms with Gasteiger partial charge in [0.2, 0.25) is 0 Å². The first kappa shape index (κ1) is 18.6. The van der Waals surface area contributed by atoms with Gasteiger partial charge >= 0.3 is 6.18 Å². The minimum atomic E-state index is -4.51. The molecule has 27 heavy (non-hydrogen) atoms. The van der Waals surface area contributed by atoms with Crippen LogP contribution in [0.15, 0.2) is 17.5 Å². The average Bonchev–Trinajstić information content (AvgIpc) is 3.29. The van der Waals surface area contributed by atoms with Crippen molar-refractivity contribution in [3.8, 4) is 0 Å². The highest BCUT2D eigenvalue weighted by molar-refractivity contribution is 7.10. The first-order valence-corrected chi connectivity index (χ1v) is 9.63. The summed E-state index contributed by atoms with van der Waals surface area (Å²) in [6.07, 6.45) is -4.73. The number of anilines is 1. The Labute approximate surface area is 161 Å². The molecule has 2 aromatic heterocycles. The number of hydrogen-bond donors (Lipinski definition) is 1. The number of alkyl halides is 3. The molecule has 2 aliphatic heterocycles. The normalized spacial score (nSPS) is 23.0. The third kappa shape index (κ3) is 3.41. The largest absolute Gasteiger partial charge is 0.410 e. The molecule has 1 fully saturated rings. The average molecular weight is 421 g/mol. The number of morpholine rings is 1. The van der Waals surface area contributed by atoms with Crippen molar-refractivity contribution in [2.75, 3.05) is 31.6 Å². The highest BCUT2D eigenvalue weighted by Crippen LogP contribution is 2.46. The summed E-state index contributed by atoms with van der Waals surface area (Å²) in [5.74, 6) is -0.458. The topological polar surface area (TPSA) is 59.4 Å². The second-order valence-corrected chi connectivity index (χ2v) is 7.72. The fourth-order valence-electron chi connectivity index (χ4n) is 3.32. The van der Waals surface area contributed by atoms with E-state index in [1.165, 1.54) is 16.2 Å². The van der Waals surface area contributed by atoms with Gasteiger partial charge in [-0.2, -0.15) is 18.3 Å². The van der Waals surface area contributed by atoms with Gasteiger partial charge in [-0.25, -0.2) is 4.68 Å². The Bertz CT molecular complexity index is 834. The number of thiophene rings is 1. The molecule has 146 valence electrons. The molecule has 6 nitrogen and oxygen atoms in total. The number of nitrogens with zero attached hydrogens (tertiary/aromatic N) is 3. The van der Waals surface area contributed by atoms with Crippen LogP contribution in [0.3, 0.4) is 0 Å². The molecule has 0 spiro atoms. The number of halogens is 4. The summed E-state index contributed by atoms with van der Waals surface area (Å²) < 4.78 is 47.1. The van der Waals surface area contributed by atoms with E-state index in [4.69, 9.17) is 16.3 Å². The lowest BCUT2D eigenvalue weighted by atomic mass is 10.0. The summed E-state index contributed by atoms with van der Waals surface area (Å²) >= 11 is 7.68. The van der Waals surface area contributed by atoms with Gasteiger partial charge in [-0.3, -0.25) is 4.79 Å². The van der Waals surface area contributed by atoms with E-state index >= 15 is 0 Å². The lowest BCUT2D eigenvalue weighted by Crippen LogP contribution is -2.41. The highest BCUT2D eigenvalue weighted by atomic mass is 35.5. The van der Waals surface area contributed by atoms with E-state index in [0.29, 0.717) is 26.3 Å². The Hall–Kier alpha value is -1.78. The van der Waals surface area contributed by atoms with Crippen molar-refractivity contribution in [3.63, 3.8) is 0 Å². The summed E-state index contributed by atoms with van der Waals surface area (Å²) in [5, 5.41) is 8.72. The summed E-state index contributed by atoms with van der Waals surface area (Å²) in [4.78, 5) is 15.0. The zero-order valence-corrected chi connectivity index (χ0v) is 15.6. The van der Waals surface area contributed by atoms with Crippen LogP contribution in [-0.2, 0) is 4.74 Å². The Kier molecular flexibility index (Phi) is 4.81. The SMILES string of the molecule is O=C(c1nn2c(c1Cl)N[C@H](c1cccs1)C[C@H]2C(F)(F)F)N1CCOCC1. The van der Waals surface area contributed by atoms with Gasteiger partial charge in [0.1, 0.15) is 10.8 Å². The van der Waals surface area contributed by atoms with Crippen molar-refractivity contribution >= 4 is 34.7 Å². The van der Waals surface area contributed by atoms with Gasteiger partial charge < -0.3 is 15.0 Å². The van der Waals surface area contributed by atoms with E-state index in [2.05, 4.69) is 10.4 Å². The van der Waals surface area contributed by atoms with Crippen molar-refractivity contribution in [2.24, 2.45) is 0 Å². The summed E-state index contributed by atoms with van der Waals surface area (Å²) in [7, 11) is 0. The van der Waals surface area contributed by atoms with Crippen LogP contribution in [-0.4, -0.2) is 53.1 Å². The van der Waals surface area contributed by atoms with Crippen LogP contribution >= 0.6 is 22.9 Å². The van der Waals surface area contributed by atoms with E-state index in [1.807, 2.05) is 0 Å². The van der Waals surface area contributed by atoms with Gasteiger partial charge in [0.25, 0.3) is 5.91 Å². The number of carbonyl (C=O) groups excluding carboxylic acids is 1. The van der Waals surface area contributed by atoms with Gasteiger partial charge in [-0.15, -0.1) is 11.3 Å². The van der Waals surface area contributed by atoms with Crippen LogP contribution in [0.4, 0.5) is 19.0 Å². The third-order valence-electron chi connectivity index (χ3n) is 4.68. The Balaban J connectivity index is 1.72. The molecule has 0 unspecified atom stereocenters. The van der Waals surface area contributed by atoms with Gasteiger partial charge in [0.05, 0.1) is 19.3 Å². The fraction of sp³-hybridized carbons (Fsp3) is 0.500. The second-order valence-electron chi connectivity index (χ2n) is 6.37. The van der Waals surface area contributed by atoms with E-state index in [-0.39, 0.29) is 23.0 Å². The molecule has 0 saturated carbocycles. The molecule has 1 N–H and O–H groups in total. The molecule has 2 aromatic rings. The predicted molar refractivity (Wildman–Crippen MR) is 94.4 cm³/mol. The molecule has 1 amide bonds. The smallest absolute Gasteiger partial charge is 0.378 e. The molecule has 0 bridgehead atoms. The second kappa shape index (κ2) is 6.99. The Morgan fingerprint density at radius 1 is 1.37 bits per heavy atom. The number of carbonyl (C=O) groups is 1. The van der Waals surface area contributed by atoms with Gasteiger partial charge in [-0.05, 0) is 11.4 Å². The molecular formula is C16H16ClF3N4O2S. The molecule has 0 radical (unpaired) electrons. The maximum Gasteiger partial charge on any atom is 0.410 e. The van der Waals surface area contributed by atoms with E-state index < -0.39 is 24.2 Å². The number of hydrogen-bond acceptors (Lipinski definition) is 5. The number of ether oxygens (including phenoxy) is 1. The molecule has 2 aliphatic rings. The minimum absolute atomic E-state index is 0.0280. The highest BCUT2D eigenvalue weighted by Gasteiger charge is 2.48. The van der Waals surface area contributed by atoms with Crippen LogP contribution in [0.1, 0.15) is 33.9 Å². The van der Waals surface area contributed by atoms with Crippen LogP contribution in [0.5, 0.6) is 0 Å². The molecule has 2 atom stereocenters. The summed E-state index contributed by atoms with van der Waals surface area (Å²) in [6.45, 7) is 1.46. The van der Waals surface area contributed by atoms with Crippen molar-refractivity contribution in [1.82, 2.24) is 14.7 Å². The zero-order chi connectivity index (χ0) is 19.2. The molecule has 0 aromatic carbocycles. The Morgan fingerprint density at radius 2 is 2.11 bits per heavy atom. The van der Waals surface area contributed by atoms with Crippen molar-refractivity contribution in [2.45, 2.75) is 24.7 Å². The number of fused-ring (bicyclic) bond motifs is 1. The number of rotatable bonds is 2. The first-order chi connectivity index (χ1) is 12.9. The van der Waals surface area contributed by atoms with E-state index in [0.717, 1.165) is 9.56 Å². The third-order valence-corrected chi connectivity index (χ3v) is 6.03. The van der Waals surface area contributed by atoms with Crippen LogP contribution in [0.2, 0.25) is 5.02 Å². The maximum atomic E-state index is 13.7. The lowest BCUT2D eigenvalue weighted by molar-refractivity contribution is -0.173. The quantitative estimate of drug-likeness (QED) is 0.804. The van der Waals surface area contributed by atoms with E-state index in [1.54, 1.807) is 17.5 Å². The monoisotopic (exact) mass is 420 g/mol. The predicted octanol–water partition coefficient (Wildman–Crippen LogP) is 3.73. The standard InChI is InChI=1S/C16H16ClF3N4O2S/c17-12-13(15(25)23-3-5-26-6-4-23)22-24-11(16(18,19)20)8-9(21-14(12)24)10-2-1-7-27-10/h1-2,7,9,11,21H,3-6,8H2/t9-,11-/m0/s1. The maximum absolute atomic E-state index is 13.7. The lowest BCUT2D eigenvalue weighted by Gasteiger charge is -2.32. The molecule has 0 aliphatic carbocycles. The first-order valence-electron chi connectivity index (χ1n) is 8.38. The van der Waals surface area contributed by atoms with Crippen LogP contribution < -0.4 is 5.32 Å². The molecule has 1 saturated heterocycles. The number of aromatic nitrogens is 2. The van der Waals surface area contributed by atoms with Crippen molar-refractivity contribution < 1.29 is 22.7 Å². The van der Waals surface area contributed by atoms with Gasteiger partial charge in [0.15, 0.2) is 11.7 Å². The molecule has 4 rings (SSSR count). The molecule has 4 heterocycles. The summed E-state index contributed by atoms with van der Waals surface area (Å²) in [5.41, 5.74) is -0.165. The number of amides is 1. The van der Waals surface area contributed by atoms with Crippen LogP contribution in [0, 0.1) is 0 Å². The zero-order valence-electron chi connectivity index (χ0n) is 14.0. The van der Waals surface area contributed by atoms with Crippen molar-refractivity contribution in [1.29, 1.82) is 0 Å². The summed E-state index contributed by atoms with van der Waals surface area (Å²) in [6, 6.07) is 1.15. The molecule has 11 heteroatoms. The van der Waals surface area contributed by atoms with Gasteiger partial charge in [0, 0.05) is 24.4 Å². The Morgan fingerprint density at radius 3 is 2.74 bits per heavy atom. The fourth-order valence-corrected chi connectivity index (χ4v) is 4.37. The van der Waals surface area contributed by atoms with Crippen LogP contribution in [0.25, 0.3) is 0 Å². The van der Waals surface area contributed by atoms with E-state index in [9.17, 15) is 18.0 Å². The van der Waals surface area contributed by atoms with Gasteiger partial charge in [-0.1, -0.05) is 17.7 Å². The minimum Gasteiger partial charge on any atom is -0.378 e. The molecular weight excluding hydrogens is 405 g/mol. The number of nitrogens with one attached hydrogen (secondary N) is 1.